The zero-order chi connectivity index (χ0) is 18.7. The van der Waals surface area contributed by atoms with Crippen molar-refractivity contribution in [1.29, 1.82) is 0 Å². The summed E-state index contributed by atoms with van der Waals surface area (Å²) in [7, 11) is 3.15. The minimum atomic E-state index is -0.280. The molecular weight excluding hydrogens is 420 g/mol. The zero-order valence-corrected chi connectivity index (χ0v) is 16.9. The van der Waals surface area contributed by atoms with Gasteiger partial charge in [0.2, 0.25) is 0 Å². The summed E-state index contributed by atoms with van der Waals surface area (Å²) in [5.41, 5.74) is 1.24. The highest BCUT2D eigenvalue weighted by Gasteiger charge is 2.17. The van der Waals surface area contributed by atoms with Crippen molar-refractivity contribution in [3.05, 3.63) is 40.4 Å². The number of hydrogen-bond donors (Lipinski definition) is 1. The average molecular weight is 437 g/mol. The second kappa shape index (κ2) is 7.92. The molecule has 0 radical (unpaired) electrons. The Balaban J connectivity index is 1.87. The molecule has 0 atom stereocenters. The fraction of sp³-hybridized carbons (Fsp3) is 0.222. The van der Waals surface area contributed by atoms with Crippen LogP contribution in [0.4, 0.5) is 5.13 Å². The van der Waals surface area contributed by atoms with Gasteiger partial charge in [0.1, 0.15) is 5.75 Å². The molecule has 3 aromatic rings. The number of hydrogen-bond acceptors (Lipinski definition) is 6. The lowest BCUT2D eigenvalue weighted by Crippen LogP contribution is -2.12. The molecule has 0 aliphatic rings. The number of aromatic nitrogens is 1. The number of nitrogens with one attached hydrogen (secondary N) is 1. The Morgan fingerprint density at radius 2 is 2.04 bits per heavy atom. The predicted molar refractivity (Wildman–Crippen MR) is 106 cm³/mol. The zero-order valence-electron chi connectivity index (χ0n) is 14.5. The molecule has 0 saturated heterocycles. The molecule has 0 saturated carbocycles. The van der Waals surface area contributed by atoms with Crippen LogP contribution in [0.3, 0.4) is 0 Å². The maximum atomic E-state index is 12.6. The van der Waals surface area contributed by atoms with E-state index >= 15 is 0 Å². The van der Waals surface area contributed by atoms with E-state index in [1.165, 1.54) is 18.4 Å². The number of thiazole rings is 1. The van der Waals surface area contributed by atoms with E-state index < -0.39 is 0 Å². The van der Waals surface area contributed by atoms with E-state index in [-0.39, 0.29) is 5.91 Å². The summed E-state index contributed by atoms with van der Waals surface area (Å²) in [5.74, 6) is 1.52. The van der Waals surface area contributed by atoms with Crippen LogP contribution in [0.2, 0.25) is 0 Å². The quantitative estimate of drug-likeness (QED) is 0.604. The summed E-state index contributed by atoms with van der Waals surface area (Å²) in [6, 6.07) is 8.92. The number of ether oxygens (including phenoxy) is 3. The van der Waals surface area contributed by atoms with Gasteiger partial charge in [-0.25, -0.2) is 4.98 Å². The van der Waals surface area contributed by atoms with E-state index in [4.69, 9.17) is 14.2 Å². The van der Waals surface area contributed by atoms with Crippen molar-refractivity contribution in [1.82, 2.24) is 4.98 Å². The maximum absolute atomic E-state index is 12.6. The number of amides is 1. The van der Waals surface area contributed by atoms with Gasteiger partial charge < -0.3 is 14.2 Å². The number of anilines is 1. The van der Waals surface area contributed by atoms with Crippen LogP contribution in [0.25, 0.3) is 10.2 Å². The van der Waals surface area contributed by atoms with Crippen LogP contribution < -0.4 is 19.5 Å². The number of rotatable bonds is 6. The molecule has 0 bridgehead atoms. The van der Waals surface area contributed by atoms with Gasteiger partial charge in [-0.05, 0) is 53.2 Å². The third-order valence-corrected chi connectivity index (χ3v) is 5.12. The largest absolute Gasteiger partial charge is 0.497 e. The maximum Gasteiger partial charge on any atom is 0.257 e. The van der Waals surface area contributed by atoms with Crippen LogP contribution in [0.1, 0.15) is 17.3 Å². The van der Waals surface area contributed by atoms with Crippen molar-refractivity contribution in [3.8, 4) is 17.2 Å². The highest BCUT2D eigenvalue weighted by atomic mass is 79.9. The van der Waals surface area contributed by atoms with Crippen LogP contribution >= 0.6 is 27.3 Å². The van der Waals surface area contributed by atoms with E-state index in [9.17, 15) is 4.79 Å². The second-order valence-corrected chi connectivity index (χ2v) is 7.11. The summed E-state index contributed by atoms with van der Waals surface area (Å²) < 4.78 is 17.7. The predicted octanol–water partition coefficient (Wildman–Crippen LogP) is 4.73. The molecule has 0 aliphatic carbocycles. The van der Waals surface area contributed by atoms with Crippen molar-refractivity contribution in [3.63, 3.8) is 0 Å². The lowest BCUT2D eigenvalue weighted by atomic mass is 10.2. The molecule has 1 aromatic heterocycles. The first-order valence-corrected chi connectivity index (χ1v) is 9.43. The Morgan fingerprint density at radius 1 is 1.23 bits per heavy atom. The van der Waals surface area contributed by atoms with Crippen molar-refractivity contribution in [2.75, 3.05) is 26.1 Å². The van der Waals surface area contributed by atoms with Crippen molar-refractivity contribution >= 4 is 48.5 Å². The first kappa shape index (κ1) is 18.5. The van der Waals surface area contributed by atoms with Gasteiger partial charge in [0.05, 0.1) is 35.5 Å². The smallest absolute Gasteiger partial charge is 0.257 e. The summed E-state index contributed by atoms with van der Waals surface area (Å²) in [4.78, 5) is 17.0. The van der Waals surface area contributed by atoms with Crippen molar-refractivity contribution < 1.29 is 19.0 Å². The molecule has 0 aliphatic heterocycles. The number of carbonyl (C=O) groups is 1. The summed E-state index contributed by atoms with van der Waals surface area (Å²) in [6.07, 6.45) is 0. The summed E-state index contributed by atoms with van der Waals surface area (Å²) in [5, 5.41) is 3.34. The molecule has 136 valence electrons. The normalized spacial score (nSPS) is 10.6. The third-order valence-electron chi connectivity index (χ3n) is 3.60. The minimum Gasteiger partial charge on any atom is -0.497 e. The molecule has 2 aromatic carbocycles. The van der Waals surface area contributed by atoms with Gasteiger partial charge in [0.25, 0.3) is 5.91 Å². The topological polar surface area (TPSA) is 69.7 Å². The number of carbonyl (C=O) groups excluding carboxylic acids is 1. The van der Waals surface area contributed by atoms with Gasteiger partial charge in [-0.3, -0.25) is 10.1 Å². The number of methoxy groups -OCH3 is 2. The van der Waals surface area contributed by atoms with E-state index in [1.54, 1.807) is 19.2 Å². The number of nitrogens with zero attached hydrogens (tertiary/aromatic N) is 1. The molecule has 8 heteroatoms. The van der Waals surface area contributed by atoms with Crippen LogP contribution in [0.15, 0.2) is 34.8 Å². The molecule has 26 heavy (non-hydrogen) atoms. The fourth-order valence-electron chi connectivity index (χ4n) is 2.39. The minimum absolute atomic E-state index is 0.280. The van der Waals surface area contributed by atoms with Gasteiger partial charge in [-0.15, -0.1) is 0 Å². The lowest BCUT2D eigenvalue weighted by Gasteiger charge is -2.13. The molecular formula is C18H17BrN2O4S. The summed E-state index contributed by atoms with van der Waals surface area (Å²) in [6.45, 7) is 2.38. The van der Waals surface area contributed by atoms with E-state index in [0.29, 0.717) is 33.3 Å². The third kappa shape index (κ3) is 3.76. The van der Waals surface area contributed by atoms with Gasteiger partial charge in [0, 0.05) is 5.56 Å². The first-order chi connectivity index (χ1) is 12.5. The molecule has 0 spiro atoms. The van der Waals surface area contributed by atoms with E-state index in [2.05, 4.69) is 26.2 Å². The Labute approximate surface area is 163 Å². The lowest BCUT2D eigenvalue weighted by molar-refractivity contribution is 0.102. The standard InChI is InChI=1S/C18H17BrN2O4S/c1-4-25-16-12(19)7-10(8-14(16)24-3)17(22)21-18-20-13-6-5-11(23-2)9-15(13)26-18/h5-9H,4H2,1-3H3,(H,20,21,22). The number of benzene rings is 2. The molecule has 6 nitrogen and oxygen atoms in total. The Morgan fingerprint density at radius 3 is 2.73 bits per heavy atom. The second-order valence-electron chi connectivity index (χ2n) is 5.23. The number of fused-ring (bicyclic) bond motifs is 1. The molecule has 3 rings (SSSR count). The first-order valence-electron chi connectivity index (χ1n) is 7.82. The van der Waals surface area contributed by atoms with Gasteiger partial charge >= 0.3 is 0 Å². The van der Waals surface area contributed by atoms with Crippen LogP contribution in [-0.2, 0) is 0 Å². The average Bonchev–Trinajstić information content (AvgIpc) is 3.04. The molecule has 0 fully saturated rings. The molecule has 0 unspecified atom stereocenters. The van der Waals surface area contributed by atoms with Crippen LogP contribution in [0, 0.1) is 0 Å². The molecule has 1 heterocycles. The highest BCUT2D eigenvalue weighted by Crippen LogP contribution is 2.37. The highest BCUT2D eigenvalue weighted by molar-refractivity contribution is 9.10. The van der Waals surface area contributed by atoms with E-state index in [1.807, 2.05) is 25.1 Å². The Hall–Kier alpha value is -2.32. The van der Waals surface area contributed by atoms with Crippen LogP contribution in [-0.4, -0.2) is 31.7 Å². The Kier molecular flexibility index (Phi) is 5.63. The van der Waals surface area contributed by atoms with Crippen molar-refractivity contribution in [2.24, 2.45) is 0 Å². The van der Waals surface area contributed by atoms with Gasteiger partial charge in [0.15, 0.2) is 16.6 Å². The number of halogens is 1. The van der Waals surface area contributed by atoms with Crippen molar-refractivity contribution in [2.45, 2.75) is 6.92 Å². The van der Waals surface area contributed by atoms with Gasteiger partial charge in [-0.1, -0.05) is 11.3 Å². The monoisotopic (exact) mass is 436 g/mol. The van der Waals surface area contributed by atoms with Gasteiger partial charge in [-0.2, -0.15) is 0 Å². The van der Waals surface area contributed by atoms with Crippen LogP contribution in [0.5, 0.6) is 17.2 Å². The fourth-order valence-corrected chi connectivity index (χ4v) is 3.84. The SMILES string of the molecule is CCOc1c(Br)cc(C(=O)Nc2nc3ccc(OC)cc3s2)cc1OC. The molecule has 1 amide bonds. The Bertz CT molecular complexity index is 958. The van der Waals surface area contributed by atoms with E-state index in [0.717, 1.165) is 16.0 Å². The molecule has 1 N–H and O–H groups in total. The summed E-state index contributed by atoms with van der Waals surface area (Å²) >= 11 is 4.81.